The van der Waals surface area contributed by atoms with Crippen molar-refractivity contribution in [3.63, 3.8) is 0 Å². The second kappa shape index (κ2) is 4.62. The Labute approximate surface area is 105 Å². The zero-order valence-corrected chi connectivity index (χ0v) is 11.3. The van der Waals surface area contributed by atoms with Crippen molar-refractivity contribution >= 4 is 33.2 Å². The van der Waals surface area contributed by atoms with Crippen LogP contribution in [-0.2, 0) is 14.6 Å². The van der Waals surface area contributed by atoms with Crippen LogP contribution in [0, 0.1) is 0 Å². The van der Waals surface area contributed by atoms with Crippen LogP contribution in [0.25, 0.3) is 0 Å². The van der Waals surface area contributed by atoms with E-state index in [1.54, 1.807) is 12.1 Å². The number of halogens is 1. The molecule has 0 atom stereocenters. The second-order valence-electron chi connectivity index (χ2n) is 4.07. The van der Waals surface area contributed by atoms with E-state index < -0.39 is 20.5 Å². The third-order valence-corrected chi connectivity index (χ3v) is 4.81. The summed E-state index contributed by atoms with van der Waals surface area (Å²) in [6.07, 6.45) is 2.46. The predicted octanol–water partition coefficient (Wildman–Crippen LogP) is 1.50. The Morgan fingerprint density at radius 1 is 1.47 bits per heavy atom. The fourth-order valence-electron chi connectivity index (χ4n) is 0.904. The molecule has 0 saturated carbocycles. The number of hydrogen-bond donors (Lipinski definition) is 1. The van der Waals surface area contributed by atoms with Crippen molar-refractivity contribution in [3.05, 3.63) is 23.4 Å². The van der Waals surface area contributed by atoms with Gasteiger partial charge in [-0.15, -0.1) is 0 Å². The summed E-state index contributed by atoms with van der Waals surface area (Å²) in [5.41, 5.74) is 0. The number of carbonyl (C=O) groups excluding carboxylic acids is 1. The van der Waals surface area contributed by atoms with Crippen molar-refractivity contribution < 1.29 is 13.2 Å². The van der Waals surface area contributed by atoms with E-state index in [2.05, 4.69) is 10.3 Å². The number of rotatable bonds is 3. The van der Waals surface area contributed by atoms with Gasteiger partial charge in [-0.3, -0.25) is 4.79 Å². The zero-order chi connectivity index (χ0) is 13.3. The molecule has 0 aliphatic rings. The van der Waals surface area contributed by atoms with Gasteiger partial charge in [0.1, 0.15) is 4.75 Å². The van der Waals surface area contributed by atoms with Crippen molar-refractivity contribution in [2.75, 3.05) is 11.6 Å². The van der Waals surface area contributed by atoms with Gasteiger partial charge in [0.15, 0.2) is 15.7 Å². The Kier molecular flexibility index (Phi) is 3.78. The van der Waals surface area contributed by atoms with Crippen molar-refractivity contribution in [1.29, 1.82) is 0 Å². The number of sulfone groups is 1. The molecule has 0 aromatic carbocycles. The molecular weight excluding hydrogens is 264 g/mol. The first kappa shape index (κ1) is 13.9. The van der Waals surface area contributed by atoms with E-state index in [1.807, 2.05) is 0 Å². The number of anilines is 1. The minimum absolute atomic E-state index is 0.149. The molecule has 0 saturated heterocycles. The highest BCUT2D eigenvalue weighted by atomic mass is 35.5. The summed E-state index contributed by atoms with van der Waals surface area (Å²) in [5.74, 6) is -0.517. The first-order valence-corrected chi connectivity index (χ1v) is 7.05. The quantitative estimate of drug-likeness (QED) is 0.908. The van der Waals surface area contributed by atoms with Crippen LogP contribution < -0.4 is 5.32 Å². The first-order valence-electron chi connectivity index (χ1n) is 4.78. The molecule has 0 spiro atoms. The molecule has 0 bridgehead atoms. The second-order valence-corrected chi connectivity index (χ2v) is 7.04. The van der Waals surface area contributed by atoms with E-state index in [0.717, 1.165) is 6.26 Å². The number of amides is 1. The molecule has 1 aromatic heterocycles. The largest absolute Gasteiger partial charge is 0.308 e. The highest BCUT2D eigenvalue weighted by Gasteiger charge is 2.38. The SMILES string of the molecule is CC(C)(C(=O)Nc1ncccc1Cl)S(C)(=O)=O. The van der Waals surface area contributed by atoms with E-state index in [-0.39, 0.29) is 10.8 Å². The lowest BCUT2D eigenvalue weighted by atomic mass is 10.2. The third-order valence-electron chi connectivity index (χ3n) is 2.46. The lowest BCUT2D eigenvalue weighted by Crippen LogP contribution is -2.44. The predicted molar refractivity (Wildman–Crippen MR) is 66.8 cm³/mol. The number of aromatic nitrogens is 1. The molecule has 0 aliphatic carbocycles. The molecular formula is C10H13ClN2O3S. The van der Waals surface area contributed by atoms with E-state index in [4.69, 9.17) is 11.6 Å². The molecule has 0 aliphatic heterocycles. The summed E-state index contributed by atoms with van der Waals surface area (Å²) in [4.78, 5) is 15.7. The molecule has 0 unspecified atom stereocenters. The van der Waals surface area contributed by atoms with Crippen LogP contribution in [0.5, 0.6) is 0 Å². The van der Waals surface area contributed by atoms with Crippen LogP contribution in [0.15, 0.2) is 18.3 Å². The van der Waals surface area contributed by atoms with Crippen molar-refractivity contribution in [2.45, 2.75) is 18.6 Å². The molecule has 1 N–H and O–H groups in total. The van der Waals surface area contributed by atoms with E-state index >= 15 is 0 Å². The lowest BCUT2D eigenvalue weighted by Gasteiger charge is -2.21. The smallest absolute Gasteiger partial charge is 0.246 e. The summed E-state index contributed by atoms with van der Waals surface area (Å²) in [7, 11) is -3.52. The molecule has 1 heterocycles. The van der Waals surface area contributed by atoms with E-state index in [9.17, 15) is 13.2 Å². The zero-order valence-electron chi connectivity index (χ0n) is 9.69. The Morgan fingerprint density at radius 3 is 2.53 bits per heavy atom. The van der Waals surface area contributed by atoms with Crippen LogP contribution in [0.3, 0.4) is 0 Å². The van der Waals surface area contributed by atoms with Gasteiger partial charge < -0.3 is 5.32 Å². The topological polar surface area (TPSA) is 76.1 Å². The van der Waals surface area contributed by atoms with Crippen molar-refractivity contribution in [3.8, 4) is 0 Å². The number of pyridine rings is 1. The Balaban J connectivity index is 2.99. The van der Waals surface area contributed by atoms with Crippen LogP contribution in [0.4, 0.5) is 5.82 Å². The number of nitrogens with zero attached hydrogens (tertiary/aromatic N) is 1. The van der Waals surface area contributed by atoms with Gasteiger partial charge in [-0.05, 0) is 26.0 Å². The minimum atomic E-state index is -3.52. The summed E-state index contributed by atoms with van der Waals surface area (Å²) in [6.45, 7) is 2.66. The van der Waals surface area contributed by atoms with Gasteiger partial charge in [0.2, 0.25) is 5.91 Å². The first-order chi connectivity index (χ1) is 7.66. The monoisotopic (exact) mass is 276 g/mol. The third kappa shape index (κ3) is 2.95. The molecule has 94 valence electrons. The van der Waals surface area contributed by atoms with Gasteiger partial charge >= 0.3 is 0 Å². The maximum atomic E-state index is 11.8. The van der Waals surface area contributed by atoms with Gasteiger partial charge in [0.25, 0.3) is 0 Å². The summed E-state index contributed by atoms with van der Waals surface area (Å²) in [6, 6.07) is 3.16. The van der Waals surface area contributed by atoms with Gasteiger partial charge in [0, 0.05) is 12.5 Å². The Morgan fingerprint density at radius 2 is 2.06 bits per heavy atom. The standard InChI is InChI=1S/C10H13ClN2O3S/c1-10(2,17(3,15)16)9(14)13-8-7(11)5-4-6-12-8/h4-6H,1-3H3,(H,12,13,14). The molecule has 1 amide bonds. The highest BCUT2D eigenvalue weighted by molar-refractivity contribution is 7.92. The van der Waals surface area contributed by atoms with Crippen molar-refractivity contribution in [1.82, 2.24) is 4.98 Å². The average molecular weight is 277 g/mol. The maximum Gasteiger partial charge on any atom is 0.246 e. The number of hydrogen-bond acceptors (Lipinski definition) is 4. The van der Waals surface area contributed by atoms with Gasteiger partial charge in [-0.25, -0.2) is 13.4 Å². The molecule has 1 rings (SSSR count). The molecule has 5 nitrogen and oxygen atoms in total. The summed E-state index contributed by atoms with van der Waals surface area (Å²) in [5, 5.41) is 2.65. The fraction of sp³-hybridized carbons (Fsp3) is 0.400. The van der Waals surface area contributed by atoms with Crippen LogP contribution in [0.1, 0.15) is 13.8 Å². The normalized spacial score (nSPS) is 12.2. The lowest BCUT2D eigenvalue weighted by molar-refractivity contribution is -0.117. The summed E-state index contributed by atoms with van der Waals surface area (Å²) < 4.78 is 21.4. The molecule has 17 heavy (non-hydrogen) atoms. The number of carbonyl (C=O) groups is 1. The van der Waals surface area contributed by atoms with E-state index in [1.165, 1.54) is 20.0 Å². The summed E-state index contributed by atoms with van der Waals surface area (Å²) >= 11 is 5.81. The fourth-order valence-corrected chi connectivity index (χ4v) is 1.46. The van der Waals surface area contributed by atoms with Gasteiger partial charge in [-0.2, -0.15) is 0 Å². The Bertz CT molecular complexity index is 540. The highest BCUT2D eigenvalue weighted by Crippen LogP contribution is 2.21. The molecule has 0 radical (unpaired) electrons. The Hall–Kier alpha value is -1.14. The molecule has 0 fully saturated rings. The van der Waals surface area contributed by atoms with Crippen LogP contribution >= 0.6 is 11.6 Å². The average Bonchev–Trinajstić information content (AvgIpc) is 2.19. The van der Waals surface area contributed by atoms with Gasteiger partial charge in [-0.1, -0.05) is 11.6 Å². The van der Waals surface area contributed by atoms with Crippen LogP contribution in [-0.4, -0.2) is 30.3 Å². The minimum Gasteiger partial charge on any atom is -0.308 e. The van der Waals surface area contributed by atoms with Crippen LogP contribution in [0.2, 0.25) is 5.02 Å². The molecule has 1 aromatic rings. The number of nitrogens with one attached hydrogen (secondary N) is 1. The molecule has 7 heteroatoms. The van der Waals surface area contributed by atoms with Crippen molar-refractivity contribution in [2.24, 2.45) is 0 Å². The maximum absolute atomic E-state index is 11.8. The van der Waals surface area contributed by atoms with Gasteiger partial charge in [0.05, 0.1) is 5.02 Å². The van der Waals surface area contributed by atoms with E-state index in [0.29, 0.717) is 0 Å².